The van der Waals surface area contributed by atoms with Crippen molar-refractivity contribution < 1.29 is 18.7 Å². The molecule has 4 aromatic rings. The number of rotatable bonds is 4. The third-order valence-electron chi connectivity index (χ3n) is 6.18. The Labute approximate surface area is 198 Å². The molecule has 2 aromatic carbocycles. The van der Waals surface area contributed by atoms with E-state index in [1.54, 1.807) is 46.4 Å². The van der Waals surface area contributed by atoms with Crippen LogP contribution >= 0.6 is 11.3 Å². The first-order valence-electron chi connectivity index (χ1n) is 11.1. The van der Waals surface area contributed by atoms with E-state index >= 15 is 0 Å². The van der Waals surface area contributed by atoms with E-state index in [-0.39, 0.29) is 24.6 Å². The van der Waals surface area contributed by atoms with E-state index in [0.717, 1.165) is 52.8 Å². The summed E-state index contributed by atoms with van der Waals surface area (Å²) in [4.78, 5) is 19.8. The molecule has 1 saturated heterocycles. The third-order valence-corrected chi connectivity index (χ3v) is 7.40. The van der Waals surface area contributed by atoms with Crippen LogP contribution in [-0.2, 0) is 0 Å². The zero-order valence-electron chi connectivity index (χ0n) is 18.5. The van der Waals surface area contributed by atoms with Crippen LogP contribution in [0, 0.1) is 12.7 Å². The Morgan fingerprint density at radius 2 is 1.88 bits per heavy atom. The van der Waals surface area contributed by atoms with E-state index in [1.165, 1.54) is 12.1 Å². The van der Waals surface area contributed by atoms with Crippen LogP contribution in [-0.4, -0.2) is 46.6 Å². The molecule has 1 fully saturated rings. The first-order valence-corrected chi connectivity index (χ1v) is 11.9. The van der Waals surface area contributed by atoms with Gasteiger partial charge in [-0.25, -0.2) is 9.07 Å². The van der Waals surface area contributed by atoms with Crippen LogP contribution in [0.5, 0.6) is 11.5 Å². The van der Waals surface area contributed by atoms with E-state index < -0.39 is 0 Å². The van der Waals surface area contributed by atoms with Crippen molar-refractivity contribution in [2.75, 3.05) is 24.8 Å². The highest BCUT2D eigenvalue weighted by molar-refractivity contribution is 7.22. The molecule has 4 heterocycles. The maximum atomic E-state index is 13.3. The number of hydrogen-bond donors (Lipinski definition) is 1. The lowest BCUT2D eigenvalue weighted by molar-refractivity contribution is 0.0930. The number of fused-ring (bicyclic) bond motifs is 2. The minimum atomic E-state index is -0.281. The number of aryl methyl sites for hydroxylation is 1. The van der Waals surface area contributed by atoms with Gasteiger partial charge in [0.05, 0.1) is 16.1 Å². The molecule has 1 N–H and O–H groups in total. The van der Waals surface area contributed by atoms with Crippen molar-refractivity contribution in [3.05, 3.63) is 59.5 Å². The van der Waals surface area contributed by atoms with Gasteiger partial charge in [0.2, 0.25) is 6.79 Å². The molecule has 2 aliphatic rings. The molecule has 10 heteroatoms. The van der Waals surface area contributed by atoms with Crippen LogP contribution < -0.4 is 19.7 Å². The van der Waals surface area contributed by atoms with Gasteiger partial charge in [0.1, 0.15) is 5.82 Å². The number of benzene rings is 2. The van der Waals surface area contributed by atoms with Crippen molar-refractivity contribution in [1.82, 2.24) is 20.1 Å². The minimum absolute atomic E-state index is 0.0972. The highest BCUT2D eigenvalue weighted by atomic mass is 32.1. The van der Waals surface area contributed by atoms with Gasteiger partial charge in [-0.1, -0.05) is 11.3 Å². The van der Waals surface area contributed by atoms with Gasteiger partial charge in [-0.3, -0.25) is 4.79 Å². The number of aromatic nitrogens is 3. The minimum Gasteiger partial charge on any atom is -0.454 e. The number of halogens is 1. The second kappa shape index (κ2) is 8.28. The van der Waals surface area contributed by atoms with Crippen molar-refractivity contribution in [3.63, 3.8) is 0 Å². The summed E-state index contributed by atoms with van der Waals surface area (Å²) < 4.78 is 26.8. The number of thiazole rings is 1. The summed E-state index contributed by atoms with van der Waals surface area (Å²) in [5.74, 6) is 0.884. The van der Waals surface area contributed by atoms with Gasteiger partial charge in [0.25, 0.3) is 5.91 Å². The predicted molar refractivity (Wildman–Crippen MR) is 127 cm³/mol. The van der Waals surface area contributed by atoms with Crippen LogP contribution in [0.3, 0.4) is 0 Å². The SMILES string of the molecule is Cc1nn(-c2ccc(F)cc2)c2nc(N3CCC(NC(=O)c4ccc5c(c4)OCO5)CC3)sc12. The van der Waals surface area contributed by atoms with Crippen LogP contribution in [0.4, 0.5) is 9.52 Å². The van der Waals surface area contributed by atoms with E-state index in [2.05, 4.69) is 15.3 Å². The Balaban J connectivity index is 1.13. The van der Waals surface area contributed by atoms with Crippen molar-refractivity contribution in [2.24, 2.45) is 0 Å². The van der Waals surface area contributed by atoms with Crippen LogP contribution in [0.15, 0.2) is 42.5 Å². The maximum Gasteiger partial charge on any atom is 0.251 e. The zero-order valence-corrected chi connectivity index (χ0v) is 19.3. The molecule has 8 nitrogen and oxygen atoms in total. The Kier molecular flexibility index (Phi) is 5.09. The summed E-state index contributed by atoms with van der Waals surface area (Å²) in [5.41, 5.74) is 3.02. The number of anilines is 1. The van der Waals surface area contributed by atoms with Crippen LogP contribution in [0.1, 0.15) is 28.9 Å². The fourth-order valence-electron chi connectivity index (χ4n) is 4.34. The smallest absolute Gasteiger partial charge is 0.251 e. The summed E-state index contributed by atoms with van der Waals surface area (Å²) in [6.45, 7) is 3.74. The lowest BCUT2D eigenvalue weighted by atomic mass is 10.0. The molecule has 0 bridgehead atoms. The molecule has 0 radical (unpaired) electrons. The summed E-state index contributed by atoms with van der Waals surface area (Å²) in [6, 6.07) is 11.6. The van der Waals surface area contributed by atoms with E-state index in [4.69, 9.17) is 14.5 Å². The second-order valence-corrected chi connectivity index (χ2v) is 9.40. The number of carbonyl (C=O) groups excluding carboxylic acids is 1. The van der Waals surface area contributed by atoms with Crippen LogP contribution in [0.2, 0.25) is 0 Å². The van der Waals surface area contributed by atoms with Gasteiger partial charge < -0.3 is 19.7 Å². The molecule has 1 amide bonds. The predicted octanol–water partition coefficient (Wildman–Crippen LogP) is 4.06. The molecule has 0 unspecified atom stereocenters. The standard InChI is InChI=1S/C24H22FN5O3S/c1-14-21-22(30(28-14)18-5-3-16(25)4-6-18)27-24(34-21)29-10-8-17(9-11-29)26-23(31)15-2-7-19-20(12-15)33-13-32-19/h2-7,12,17H,8-11,13H2,1H3,(H,26,31). The van der Waals surface area contributed by atoms with Crippen molar-refractivity contribution in [2.45, 2.75) is 25.8 Å². The number of hydrogen-bond acceptors (Lipinski definition) is 7. The summed E-state index contributed by atoms with van der Waals surface area (Å²) in [7, 11) is 0. The second-order valence-electron chi connectivity index (χ2n) is 8.43. The quantitative estimate of drug-likeness (QED) is 0.476. The fraction of sp³-hybridized carbons (Fsp3) is 0.292. The van der Waals surface area contributed by atoms with Gasteiger partial charge in [-0.2, -0.15) is 10.1 Å². The zero-order chi connectivity index (χ0) is 23.2. The Morgan fingerprint density at radius 3 is 2.68 bits per heavy atom. The largest absolute Gasteiger partial charge is 0.454 e. The lowest BCUT2D eigenvalue weighted by Crippen LogP contribution is -2.44. The first-order chi connectivity index (χ1) is 16.5. The normalized spacial score (nSPS) is 15.8. The topological polar surface area (TPSA) is 81.5 Å². The van der Waals surface area contributed by atoms with Crippen molar-refractivity contribution >= 4 is 32.7 Å². The molecule has 174 valence electrons. The highest BCUT2D eigenvalue weighted by Gasteiger charge is 2.25. The van der Waals surface area contributed by atoms with Crippen molar-refractivity contribution in [1.29, 1.82) is 0 Å². The van der Waals surface area contributed by atoms with E-state index in [9.17, 15) is 9.18 Å². The number of piperidine rings is 1. The molecule has 0 aliphatic carbocycles. The Morgan fingerprint density at radius 1 is 1.12 bits per heavy atom. The average molecular weight is 480 g/mol. The number of ether oxygens (including phenoxy) is 2. The number of amides is 1. The third kappa shape index (κ3) is 3.73. The lowest BCUT2D eigenvalue weighted by Gasteiger charge is -2.32. The molecule has 0 saturated carbocycles. The summed E-state index contributed by atoms with van der Waals surface area (Å²) in [6.07, 6.45) is 1.66. The molecule has 2 aliphatic heterocycles. The maximum absolute atomic E-state index is 13.3. The molecule has 0 atom stereocenters. The van der Waals surface area contributed by atoms with Gasteiger partial charge in [-0.15, -0.1) is 0 Å². The highest BCUT2D eigenvalue weighted by Crippen LogP contribution is 2.34. The molecular formula is C24H22FN5O3S. The molecule has 0 spiro atoms. The number of carbonyl (C=O) groups is 1. The Bertz CT molecular complexity index is 1380. The van der Waals surface area contributed by atoms with Gasteiger partial charge in [0, 0.05) is 24.7 Å². The Hall–Kier alpha value is -3.66. The van der Waals surface area contributed by atoms with E-state index in [0.29, 0.717) is 17.1 Å². The fourth-order valence-corrected chi connectivity index (χ4v) is 5.38. The van der Waals surface area contributed by atoms with Crippen LogP contribution in [0.25, 0.3) is 16.0 Å². The van der Waals surface area contributed by atoms with Gasteiger partial charge in [0.15, 0.2) is 22.3 Å². The van der Waals surface area contributed by atoms with Gasteiger partial charge >= 0.3 is 0 Å². The number of nitrogens with one attached hydrogen (secondary N) is 1. The van der Waals surface area contributed by atoms with Gasteiger partial charge in [-0.05, 0) is 62.2 Å². The summed E-state index contributed by atoms with van der Waals surface area (Å²) in [5, 5.41) is 8.67. The molecule has 34 heavy (non-hydrogen) atoms. The summed E-state index contributed by atoms with van der Waals surface area (Å²) >= 11 is 1.62. The number of nitrogens with zero attached hydrogens (tertiary/aromatic N) is 4. The molecule has 6 rings (SSSR count). The average Bonchev–Trinajstić information content (AvgIpc) is 3.56. The molecule has 2 aromatic heterocycles. The molecular weight excluding hydrogens is 457 g/mol. The van der Waals surface area contributed by atoms with E-state index in [1.807, 2.05) is 6.92 Å². The monoisotopic (exact) mass is 479 g/mol. The van der Waals surface area contributed by atoms with Crippen molar-refractivity contribution in [3.8, 4) is 17.2 Å². The first kappa shape index (κ1) is 20.9.